The molecule has 0 aromatic heterocycles. The molecule has 51 heavy (non-hydrogen) atoms. The second-order valence-corrected chi connectivity index (χ2v) is 12.9. The molecule has 0 atom stereocenters. The fourth-order valence-corrected chi connectivity index (χ4v) is 7.46. The lowest BCUT2D eigenvalue weighted by molar-refractivity contribution is 1.29. The zero-order valence-corrected chi connectivity index (χ0v) is 28.2. The highest BCUT2D eigenvalue weighted by Gasteiger charge is 2.20. The second kappa shape index (κ2) is 13.3. The molecule has 9 aromatic rings. The Labute approximate surface area is 299 Å². The van der Waals surface area contributed by atoms with E-state index in [4.69, 9.17) is 0 Å². The average molecular weight is 650 g/mol. The van der Waals surface area contributed by atoms with Gasteiger partial charge < -0.3 is 4.90 Å². The van der Waals surface area contributed by atoms with Crippen molar-refractivity contribution in [1.29, 1.82) is 0 Å². The third kappa shape index (κ3) is 5.75. The molecule has 0 N–H and O–H groups in total. The van der Waals surface area contributed by atoms with Crippen molar-refractivity contribution in [1.82, 2.24) is 0 Å². The summed E-state index contributed by atoms with van der Waals surface area (Å²) >= 11 is 0. The number of hydrogen-bond acceptors (Lipinski definition) is 1. The third-order valence-corrected chi connectivity index (χ3v) is 9.84. The van der Waals surface area contributed by atoms with Gasteiger partial charge in [0.15, 0.2) is 0 Å². The topological polar surface area (TPSA) is 3.24 Å². The second-order valence-electron chi connectivity index (χ2n) is 12.9. The maximum absolute atomic E-state index is 2.39. The number of fused-ring (bicyclic) bond motifs is 3. The van der Waals surface area contributed by atoms with Crippen LogP contribution < -0.4 is 4.90 Å². The van der Waals surface area contributed by atoms with Crippen LogP contribution in [0.3, 0.4) is 0 Å². The van der Waals surface area contributed by atoms with E-state index in [0.717, 1.165) is 17.1 Å². The molecule has 0 aliphatic heterocycles. The van der Waals surface area contributed by atoms with Crippen LogP contribution in [0.15, 0.2) is 212 Å². The van der Waals surface area contributed by atoms with Gasteiger partial charge in [0.25, 0.3) is 0 Å². The van der Waals surface area contributed by atoms with Gasteiger partial charge in [0, 0.05) is 17.1 Å². The molecular formula is C50H35N. The molecule has 0 aliphatic rings. The first-order valence-electron chi connectivity index (χ1n) is 17.5. The predicted molar refractivity (Wildman–Crippen MR) is 218 cm³/mol. The molecule has 0 saturated heterocycles. The Morgan fingerprint density at radius 1 is 0.216 bits per heavy atom. The van der Waals surface area contributed by atoms with Crippen LogP contribution in [0, 0.1) is 0 Å². The smallest absolute Gasteiger partial charge is 0.0468 e. The maximum Gasteiger partial charge on any atom is 0.0468 e. The molecule has 240 valence electrons. The first kappa shape index (κ1) is 30.4. The summed E-state index contributed by atoms with van der Waals surface area (Å²) in [6, 6.07) is 76.6. The van der Waals surface area contributed by atoms with Crippen LogP contribution in [0.1, 0.15) is 0 Å². The first-order chi connectivity index (χ1) is 25.3. The number of anilines is 3. The standard InChI is InChI=1S/C50H35N/c1-5-16-36(17-6-1)38-28-30-42(31-29-38)51(43-25-15-24-41(34-43)37-18-7-2-8-19-37)44-32-33-47-48(35-44)45-26-13-14-27-46(45)49(39-20-9-3-10-21-39)50(47)40-22-11-4-12-23-40/h1-35H. The summed E-state index contributed by atoms with van der Waals surface area (Å²) in [4.78, 5) is 2.39. The summed E-state index contributed by atoms with van der Waals surface area (Å²) in [5.41, 5.74) is 13.1. The molecule has 0 bridgehead atoms. The number of benzene rings is 9. The van der Waals surface area contributed by atoms with Crippen LogP contribution in [0.25, 0.3) is 66.1 Å². The summed E-state index contributed by atoms with van der Waals surface area (Å²) in [7, 11) is 0. The molecule has 0 amide bonds. The Morgan fingerprint density at radius 3 is 1.22 bits per heavy atom. The highest BCUT2D eigenvalue weighted by molar-refractivity contribution is 6.22. The molecule has 9 aromatic carbocycles. The summed E-state index contributed by atoms with van der Waals surface area (Å²) in [5.74, 6) is 0. The number of nitrogens with zero attached hydrogens (tertiary/aromatic N) is 1. The summed E-state index contributed by atoms with van der Waals surface area (Å²) in [6.07, 6.45) is 0. The zero-order valence-electron chi connectivity index (χ0n) is 28.2. The van der Waals surface area contributed by atoms with E-state index >= 15 is 0 Å². The average Bonchev–Trinajstić information content (AvgIpc) is 3.22. The van der Waals surface area contributed by atoms with E-state index in [1.165, 1.54) is 66.1 Å². The minimum absolute atomic E-state index is 1.10. The molecule has 0 saturated carbocycles. The molecule has 0 heterocycles. The van der Waals surface area contributed by atoms with Crippen molar-refractivity contribution in [3.63, 3.8) is 0 Å². The first-order valence-corrected chi connectivity index (χ1v) is 17.5. The largest absolute Gasteiger partial charge is 0.310 e. The van der Waals surface area contributed by atoms with Gasteiger partial charge in [-0.25, -0.2) is 0 Å². The Hall–Kier alpha value is -6.70. The van der Waals surface area contributed by atoms with Crippen LogP contribution in [0.4, 0.5) is 17.1 Å². The molecular weight excluding hydrogens is 615 g/mol. The van der Waals surface area contributed by atoms with E-state index < -0.39 is 0 Å². The van der Waals surface area contributed by atoms with Crippen molar-refractivity contribution in [3.05, 3.63) is 212 Å². The molecule has 1 nitrogen and oxygen atoms in total. The molecule has 0 radical (unpaired) electrons. The van der Waals surface area contributed by atoms with Gasteiger partial charge in [0.1, 0.15) is 0 Å². The van der Waals surface area contributed by atoms with E-state index in [1.807, 2.05) is 0 Å². The van der Waals surface area contributed by atoms with E-state index in [0.29, 0.717) is 0 Å². The minimum atomic E-state index is 1.10. The number of rotatable bonds is 7. The van der Waals surface area contributed by atoms with Crippen molar-refractivity contribution in [3.8, 4) is 44.5 Å². The van der Waals surface area contributed by atoms with Gasteiger partial charge in [0.05, 0.1) is 0 Å². The lowest BCUT2D eigenvalue weighted by Crippen LogP contribution is -2.10. The fraction of sp³-hybridized carbons (Fsp3) is 0. The van der Waals surface area contributed by atoms with Crippen LogP contribution in [0.2, 0.25) is 0 Å². The predicted octanol–water partition coefficient (Wildman–Crippen LogP) is 14.1. The monoisotopic (exact) mass is 649 g/mol. The highest BCUT2D eigenvalue weighted by atomic mass is 15.1. The quantitative estimate of drug-likeness (QED) is 0.155. The van der Waals surface area contributed by atoms with Crippen molar-refractivity contribution in [2.75, 3.05) is 4.90 Å². The summed E-state index contributed by atoms with van der Waals surface area (Å²) in [5, 5.41) is 4.95. The van der Waals surface area contributed by atoms with Gasteiger partial charge in [-0.3, -0.25) is 0 Å². The maximum atomic E-state index is 2.39. The lowest BCUT2D eigenvalue weighted by Gasteiger charge is -2.27. The van der Waals surface area contributed by atoms with E-state index in [9.17, 15) is 0 Å². The van der Waals surface area contributed by atoms with Crippen LogP contribution in [-0.4, -0.2) is 0 Å². The molecule has 0 aliphatic carbocycles. The van der Waals surface area contributed by atoms with E-state index in [2.05, 4.69) is 217 Å². The van der Waals surface area contributed by atoms with Crippen LogP contribution in [-0.2, 0) is 0 Å². The van der Waals surface area contributed by atoms with E-state index in [-0.39, 0.29) is 0 Å². The minimum Gasteiger partial charge on any atom is -0.310 e. The lowest BCUT2D eigenvalue weighted by atomic mass is 9.85. The summed E-state index contributed by atoms with van der Waals surface area (Å²) < 4.78 is 0. The van der Waals surface area contributed by atoms with Crippen LogP contribution >= 0.6 is 0 Å². The zero-order chi connectivity index (χ0) is 34.0. The van der Waals surface area contributed by atoms with Gasteiger partial charge in [-0.05, 0) is 102 Å². The van der Waals surface area contributed by atoms with E-state index in [1.54, 1.807) is 0 Å². The van der Waals surface area contributed by atoms with Crippen LogP contribution in [0.5, 0.6) is 0 Å². The third-order valence-electron chi connectivity index (χ3n) is 9.84. The molecule has 0 fully saturated rings. The molecule has 0 spiro atoms. The van der Waals surface area contributed by atoms with Gasteiger partial charge in [0.2, 0.25) is 0 Å². The highest BCUT2D eigenvalue weighted by Crippen LogP contribution is 2.47. The van der Waals surface area contributed by atoms with Gasteiger partial charge in [-0.2, -0.15) is 0 Å². The number of hydrogen-bond donors (Lipinski definition) is 0. The van der Waals surface area contributed by atoms with Crippen molar-refractivity contribution in [2.24, 2.45) is 0 Å². The van der Waals surface area contributed by atoms with Gasteiger partial charge in [-0.15, -0.1) is 0 Å². The fourth-order valence-electron chi connectivity index (χ4n) is 7.46. The Bertz CT molecular complexity index is 2590. The van der Waals surface area contributed by atoms with Crippen molar-refractivity contribution < 1.29 is 0 Å². The van der Waals surface area contributed by atoms with Gasteiger partial charge in [-0.1, -0.05) is 176 Å². The Kier molecular flexibility index (Phi) is 7.92. The Morgan fingerprint density at radius 2 is 0.627 bits per heavy atom. The molecule has 9 rings (SSSR count). The van der Waals surface area contributed by atoms with Crippen molar-refractivity contribution >= 4 is 38.6 Å². The Balaban J connectivity index is 1.29. The molecule has 0 unspecified atom stereocenters. The summed E-state index contributed by atoms with van der Waals surface area (Å²) in [6.45, 7) is 0. The SMILES string of the molecule is c1ccc(-c2ccc(N(c3cccc(-c4ccccc4)c3)c3ccc4c(-c5ccccc5)c(-c5ccccc5)c5ccccc5c4c3)cc2)cc1. The molecule has 1 heteroatoms. The normalized spacial score (nSPS) is 11.1. The van der Waals surface area contributed by atoms with Gasteiger partial charge >= 0.3 is 0 Å². The van der Waals surface area contributed by atoms with Crippen molar-refractivity contribution in [2.45, 2.75) is 0 Å².